The van der Waals surface area contributed by atoms with Gasteiger partial charge < -0.3 is 14.8 Å². The van der Waals surface area contributed by atoms with Crippen molar-refractivity contribution in [3.63, 3.8) is 0 Å². The van der Waals surface area contributed by atoms with Gasteiger partial charge in [-0.2, -0.15) is 0 Å². The minimum Gasteiger partial charge on any atom is -0.493 e. The Morgan fingerprint density at radius 1 is 1.65 bits per heavy atom. The molecule has 1 heterocycles. The van der Waals surface area contributed by atoms with Crippen LogP contribution in [0.15, 0.2) is 30.9 Å². The predicted molar refractivity (Wildman–Crippen MR) is 64.3 cm³/mol. The molecule has 1 aromatic carbocycles. The van der Waals surface area contributed by atoms with Crippen molar-refractivity contribution in [2.24, 2.45) is 0 Å². The maximum absolute atomic E-state index is 11.2. The topological polar surface area (TPSA) is 47.6 Å². The van der Waals surface area contributed by atoms with Crippen molar-refractivity contribution >= 4 is 5.91 Å². The van der Waals surface area contributed by atoms with Gasteiger partial charge in [0, 0.05) is 5.56 Å². The van der Waals surface area contributed by atoms with E-state index in [0.29, 0.717) is 6.61 Å². The third-order valence-electron chi connectivity index (χ3n) is 2.71. The van der Waals surface area contributed by atoms with E-state index in [0.717, 1.165) is 23.5 Å². The molecular weight excluding hydrogens is 218 g/mol. The molecule has 2 rings (SSSR count). The van der Waals surface area contributed by atoms with Crippen molar-refractivity contribution < 1.29 is 14.3 Å². The summed E-state index contributed by atoms with van der Waals surface area (Å²) in [4.78, 5) is 11.2. The smallest absolute Gasteiger partial charge is 0.243 e. The van der Waals surface area contributed by atoms with E-state index in [-0.39, 0.29) is 11.9 Å². The molecule has 1 aliphatic heterocycles. The highest BCUT2D eigenvalue weighted by molar-refractivity contribution is 5.87. The zero-order chi connectivity index (χ0) is 12.3. The SMILES string of the molecule is C=CC(=O)NC1COc2c(cccc2OC)C1. The van der Waals surface area contributed by atoms with Gasteiger partial charge in [-0.05, 0) is 18.6 Å². The van der Waals surface area contributed by atoms with E-state index in [9.17, 15) is 4.79 Å². The van der Waals surface area contributed by atoms with Gasteiger partial charge in [0.1, 0.15) is 6.61 Å². The van der Waals surface area contributed by atoms with E-state index in [2.05, 4.69) is 11.9 Å². The largest absolute Gasteiger partial charge is 0.493 e. The third kappa shape index (κ3) is 2.41. The minimum atomic E-state index is -0.176. The molecular formula is C13H15NO3. The summed E-state index contributed by atoms with van der Waals surface area (Å²) < 4.78 is 10.9. The van der Waals surface area contributed by atoms with Crippen LogP contribution in [-0.2, 0) is 11.2 Å². The molecule has 17 heavy (non-hydrogen) atoms. The molecule has 1 unspecified atom stereocenters. The number of rotatable bonds is 3. The standard InChI is InChI=1S/C13H15NO3/c1-3-12(15)14-10-7-9-5-4-6-11(16-2)13(9)17-8-10/h3-6,10H,1,7-8H2,2H3,(H,14,15). The maximum Gasteiger partial charge on any atom is 0.243 e. The fourth-order valence-electron chi connectivity index (χ4n) is 1.91. The van der Waals surface area contributed by atoms with Gasteiger partial charge in [0.2, 0.25) is 5.91 Å². The van der Waals surface area contributed by atoms with Crippen LogP contribution in [0.3, 0.4) is 0 Å². The number of benzene rings is 1. The molecule has 1 aliphatic rings. The highest BCUT2D eigenvalue weighted by atomic mass is 16.5. The zero-order valence-electron chi connectivity index (χ0n) is 9.73. The molecule has 0 spiro atoms. The van der Waals surface area contributed by atoms with Gasteiger partial charge in [-0.1, -0.05) is 18.7 Å². The Labute approximate surface area is 100 Å². The Morgan fingerprint density at radius 2 is 2.47 bits per heavy atom. The van der Waals surface area contributed by atoms with E-state index in [1.54, 1.807) is 7.11 Å². The fourth-order valence-corrected chi connectivity index (χ4v) is 1.91. The maximum atomic E-state index is 11.2. The predicted octanol–water partition coefficient (Wildman–Crippen LogP) is 1.30. The number of hydrogen-bond donors (Lipinski definition) is 1. The summed E-state index contributed by atoms with van der Waals surface area (Å²) in [5.74, 6) is 1.33. The molecule has 1 N–H and O–H groups in total. The molecule has 1 amide bonds. The Kier molecular flexibility index (Phi) is 3.32. The molecule has 0 radical (unpaired) electrons. The average molecular weight is 233 g/mol. The van der Waals surface area contributed by atoms with Crippen LogP contribution in [0.4, 0.5) is 0 Å². The number of hydrogen-bond acceptors (Lipinski definition) is 3. The summed E-state index contributed by atoms with van der Waals surface area (Å²) in [5, 5.41) is 2.82. The van der Waals surface area contributed by atoms with Gasteiger partial charge in [0.25, 0.3) is 0 Å². The van der Waals surface area contributed by atoms with Crippen molar-refractivity contribution in [2.45, 2.75) is 12.5 Å². The van der Waals surface area contributed by atoms with Crippen LogP contribution in [0.25, 0.3) is 0 Å². The first-order chi connectivity index (χ1) is 8.24. The number of para-hydroxylation sites is 1. The molecule has 1 atom stereocenters. The van der Waals surface area contributed by atoms with Crippen LogP contribution >= 0.6 is 0 Å². The number of ether oxygens (including phenoxy) is 2. The van der Waals surface area contributed by atoms with Crippen LogP contribution < -0.4 is 14.8 Å². The summed E-state index contributed by atoms with van der Waals surface area (Å²) in [6, 6.07) is 5.74. The number of carbonyl (C=O) groups excluding carboxylic acids is 1. The first-order valence-corrected chi connectivity index (χ1v) is 5.46. The molecule has 0 aliphatic carbocycles. The monoisotopic (exact) mass is 233 g/mol. The third-order valence-corrected chi connectivity index (χ3v) is 2.71. The molecule has 0 saturated heterocycles. The quantitative estimate of drug-likeness (QED) is 0.800. The van der Waals surface area contributed by atoms with Crippen molar-refractivity contribution in [1.82, 2.24) is 5.32 Å². The second-order valence-corrected chi connectivity index (χ2v) is 3.87. The lowest BCUT2D eigenvalue weighted by Gasteiger charge is -2.26. The minimum absolute atomic E-state index is 0.0138. The number of carbonyl (C=O) groups is 1. The summed E-state index contributed by atoms with van der Waals surface area (Å²) in [6.07, 6.45) is 2.01. The normalized spacial score (nSPS) is 17.6. The van der Waals surface area contributed by atoms with Gasteiger partial charge in [-0.3, -0.25) is 4.79 Å². The Bertz CT molecular complexity index is 442. The van der Waals surface area contributed by atoms with Gasteiger partial charge >= 0.3 is 0 Å². The molecule has 90 valence electrons. The van der Waals surface area contributed by atoms with Crippen LogP contribution in [0.5, 0.6) is 11.5 Å². The lowest BCUT2D eigenvalue weighted by atomic mass is 10.0. The van der Waals surface area contributed by atoms with E-state index in [4.69, 9.17) is 9.47 Å². The van der Waals surface area contributed by atoms with Crippen LogP contribution in [0, 0.1) is 0 Å². The van der Waals surface area contributed by atoms with Gasteiger partial charge in [0.15, 0.2) is 11.5 Å². The molecule has 0 fully saturated rings. The Morgan fingerprint density at radius 3 is 3.18 bits per heavy atom. The highest BCUT2D eigenvalue weighted by Gasteiger charge is 2.23. The molecule has 4 heteroatoms. The molecule has 1 aromatic rings. The number of nitrogens with one attached hydrogen (secondary N) is 1. The van der Waals surface area contributed by atoms with Crippen molar-refractivity contribution in [3.05, 3.63) is 36.4 Å². The second-order valence-electron chi connectivity index (χ2n) is 3.87. The Hall–Kier alpha value is -1.97. The molecule has 0 bridgehead atoms. The summed E-state index contributed by atoms with van der Waals surface area (Å²) in [7, 11) is 1.62. The molecule has 4 nitrogen and oxygen atoms in total. The van der Waals surface area contributed by atoms with Crippen LogP contribution in [0.2, 0.25) is 0 Å². The van der Waals surface area contributed by atoms with Crippen molar-refractivity contribution in [1.29, 1.82) is 0 Å². The van der Waals surface area contributed by atoms with E-state index in [1.807, 2.05) is 18.2 Å². The first kappa shape index (κ1) is 11.5. The fraction of sp³-hybridized carbons (Fsp3) is 0.308. The van der Waals surface area contributed by atoms with Crippen molar-refractivity contribution in [2.75, 3.05) is 13.7 Å². The zero-order valence-corrected chi connectivity index (χ0v) is 9.73. The lowest BCUT2D eigenvalue weighted by Crippen LogP contribution is -2.42. The van der Waals surface area contributed by atoms with Gasteiger partial charge in [-0.15, -0.1) is 0 Å². The average Bonchev–Trinajstić information content (AvgIpc) is 2.37. The lowest BCUT2D eigenvalue weighted by molar-refractivity contribution is -0.117. The Balaban J connectivity index is 2.14. The van der Waals surface area contributed by atoms with E-state index < -0.39 is 0 Å². The van der Waals surface area contributed by atoms with Gasteiger partial charge in [0.05, 0.1) is 13.2 Å². The van der Waals surface area contributed by atoms with Crippen LogP contribution in [0.1, 0.15) is 5.56 Å². The summed E-state index contributed by atoms with van der Waals surface area (Å²) >= 11 is 0. The number of fused-ring (bicyclic) bond motifs is 1. The number of amides is 1. The molecule has 0 saturated carbocycles. The first-order valence-electron chi connectivity index (χ1n) is 5.46. The second kappa shape index (κ2) is 4.91. The van der Waals surface area contributed by atoms with Crippen molar-refractivity contribution in [3.8, 4) is 11.5 Å². The summed E-state index contributed by atoms with van der Waals surface area (Å²) in [5.41, 5.74) is 1.05. The number of methoxy groups -OCH3 is 1. The highest BCUT2D eigenvalue weighted by Crippen LogP contribution is 2.34. The van der Waals surface area contributed by atoms with Crippen LogP contribution in [-0.4, -0.2) is 25.7 Å². The molecule has 0 aromatic heterocycles. The van der Waals surface area contributed by atoms with E-state index >= 15 is 0 Å². The van der Waals surface area contributed by atoms with Gasteiger partial charge in [-0.25, -0.2) is 0 Å². The van der Waals surface area contributed by atoms with E-state index in [1.165, 1.54) is 6.08 Å². The summed E-state index contributed by atoms with van der Waals surface area (Å²) in [6.45, 7) is 3.88.